The van der Waals surface area contributed by atoms with E-state index in [-0.39, 0.29) is 5.92 Å². The summed E-state index contributed by atoms with van der Waals surface area (Å²) in [7, 11) is 0. The van der Waals surface area contributed by atoms with E-state index in [0.29, 0.717) is 5.78 Å². The molecule has 1 aliphatic rings. The molecule has 1 saturated heterocycles. The van der Waals surface area contributed by atoms with Crippen LogP contribution in [0.4, 0.5) is 0 Å². The van der Waals surface area contributed by atoms with Crippen LogP contribution in [0.5, 0.6) is 0 Å². The summed E-state index contributed by atoms with van der Waals surface area (Å²) in [6.07, 6.45) is 5.83. The van der Waals surface area contributed by atoms with Crippen LogP contribution in [0.2, 0.25) is 0 Å². The molecule has 1 atom stereocenters. The average molecular weight is 218 g/mol. The summed E-state index contributed by atoms with van der Waals surface area (Å²) >= 11 is 0. The Balaban J connectivity index is 1.93. The molecule has 1 aromatic rings. The first-order valence-electron chi connectivity index (χ1n) is 5.87. The van der Waals surface area contributed by atoms with Gasteiger partial charge in [0, 0.05) is 31.4 Å². The van der Waals surface area contributed by atoms with Crippen molar-refractivity contribution >= 4 is 5.78 Å². The van der Waals surface area contributed by atoms with Crippen LogP contribution in [0, 0.1) is 5.92 Å². The van der Waals surface area contributed by atoms with E-state index in [0.717, 1.165) is 32.5 Å². The van der Waals surface area contributed by atoms with Gasteiger partial charge in [0.05, 0.1) is 0 Å². The standard InChI is InChI=1S/C13H18N2O/c1-11(16)13-3-2-8-15(10-13)9-12-4-6-14-7-5-12/h4-7,13H,2-3,8-10H2,1H3. The summed E-state index contributed by atoms with van der Waals surface area (Å²) in [5.74, 6) is 0.579. The van der Waals surface area contributed by atoms with Crippen molar-refractivity contribution in [2.24, 2.45) is 5.92 Å². The molecule has 1 fully saturated rings. The number of hydrogen-bond donors (Lipinski definition) is 0. The fourth-order valence-electron chi connectivity index (χ4n) is 2.28. The van der Waals surface area contributed by atoms with Crippen LogP contribution in [0.15, 0.2) is 24.5 Å². The Morgan fingerprint density at radius 3 is 2.94 bits per heavy atom. The van der Waals surface area contributed by atoms with Gasteiger partial charge in [-0.2, -0.15) is 0 Å². The Hall–Kier alpha value is -1.22. The predicted molar refractivity (Wildman–Crippen MR) is 62.9 cm³/mol. The summed E-state index contributed by atoms with van der Waals surface area (Å²) in [5, 5.41) is 0. The molecule has 0 bridgehead atoms. The topological polar surface area (TPSA) is 33.2 Å². The molecule has 0 amide bonds. The van der Waals surface area contributed by atoms with Crippen LogP contribution in [0.25, 0.3) is 0 Å². The second-order valence-electron chi connectivity index (χ2n) is 4.54. The van der Waals surface area contributed by atoms with Gasteiger partial charge in [0.1, 0.15) is 5.78 Å². The molecular weight excluding hydrogens is 200 g/mol. The van der Waals surface area contributed by atoms with E-state index in [1.54, 1.807) is 6.92 Å². The monoisotopic (exact) mass is 218 g/mol. The van der Waals surface area contributed by atoms with E-state index in [9.17, 15) is 4.79 Å². The van der Waals surface area contributed by atoms with Crippen molar-refractivity contribution in [1.29, 1.82) is 0 Å². The summed E-state index contributed by atoms with van der Waals surface area (Å²) in [4.78, 5) is 17.7. The van der Waals surface area contributed by atoms with Gasteiger partial charge in [-0.1, -0.05) is 0 Å². The smallest absolute Gasteiger partial charge is 0.134 e. The molecule has 0 radical (unpaired) electrons. The lowest BCUT2D eigenvalue weighted by atomic mass is 9.94. The van der Waals surface area contributed by atoms with Crippen LogP contribution in [0.1, 0.15) is 25.3 Å². The maximum atomic E-state index is 11.4. The van der Waals surface area contributed by atoms with Crippen molar-refractivity contribution in [3.05, 3.63) is 30.1 Å². The van der Waals surface area contributed by atoms with E-state index in [2.05, 4.69) is 9.88 Å². The molecular formula is C13H18N2O. The number of pyridine rings is 1. The Labute approximate surface area is 96.5 Å². The van der Waals surface area contributed by atoms with Crippen molar-refractivity contribution in [3.63, 3.8) is 0 Å². The zero-order valence-corrected chi connectivity index (χ0v) is 9.72. The van der Waals surface area contributed by atoms with Crippen LogP contribution < -0.4 is 0 Å². The Morgan fingerprint density at radius 1 is 1.50 bits per heavy atom. The SMILES string of the molecule is CC(=O)C1CCCN(Cc2ccncc2)C1. The van der Waals surface area contributed by atoms with E-state index >= 15 is 0 Å². The first kappa shape index (κ1) is 11.3. The molecule has 1 aromatic heterocycles. The first-order chi connectivity index (χ1) is 7.75. The zero-order chi connectivity index (χ0) is 11.4. The molecule has 0 aliphatic carbocycles. The lowest BCUT2D eigenvalue weighted by molar-refractivity contribution is -0.122. The lowest BCUT2D eigenvalue weighted by Crippen LogP contribution is -2.37. The van der Waals surface area contributed by atoms with Crippen molar-refractivity contribution in [1.82, 2.24) is 9.88 Å². The Bertz CT molecular complexity index is 350. The third-order valence-corrected chi connectivity index (χ3v) is 3.24. The number of piperidine rings is 1. The van der Waals surface area contributed by atoms with Crippen molar-refractivity contribution in [2.45, 2.75) is 26.3 Å². The largest absolute Gasteiger partial charge is 0.300 e. The Kier molecular flexibility index (Phi) is 3.67. The molecule has 2 heterocycles. The van der Waals surface area contributed by atoms with Crippen molar-refractivity contribution in [2.75, 3.05) is 13.1 Å². The highest BCUT2D eigenvalue weighted by Crippen LogP contribution is 2.18. The number of ketones is 1. The highest BCUT2D eigenvalue weighted by atomic mass is 16.1. The fraction of sp³-hybridized carbons (Fsp3) is 0.538. The minimum atomic E-state index is 0.246. The van der Waals surface area contributed by atoms with Gasteiger partial charge >= 0.3 is 0 Å². The van der Waals surface area contributed by atoms with Gasteiger partial charge in [-0.3, -0.25) is 14.7 Å². The molecule has 0 N–H and O–H groups in total. The van der Waals surface area contributed by atoms with Gasteiger partial charge in [-0.25, -0.2) is 0 Å². The van der Waals surface area contributed by atoms with Gasteiger partial charge < -0.3 is 0 Å². The normalized spacial score (nSPS) is 21.9. The summed E-state index contributed by atoms with van der Waals surface area (Å²) in [5.41, 5.74) is 1.28. The molecule has 0 spiro atoms. The number of Topliss-reactive ketones (excluding diaryl/α,β-unsaturated/α-hetero) is 1. The number of rotatable bonds is 3. The molecule has 16 heavy (non-hydrogen) atoms. The van der Waals surface area contributed by atoms with E-state index < -0.39 is 0 Å². The highest BCUT2D eigenvalue weighted by molar-refractivity contribution is 5.78. The summed E-state index contributed by atoms with van der Waals surface area (Å²) in [6, 6.07) is 4.08. The fourth-order valence-corrected chi connectivity index (χ4v) is 2.28. The maximum Gasteiger partial charge on any atom is 0.134 e. The zero-order valence-electron chi connectivity index (χ0n) is 9.72. The molecule has 1 unspecified atom stereocenters. The predicted octanol–water partition coefficient (Wildman–Crippen LogP) is 1.88. The van der Waals surface area contributed by atoms with Crippen LogP contribution in [-0.2, 0) is 11.3 Å². The van der Waals surface area contributed by atoms with Crippen LogP contribution in [-0.4, -0.2) is 28.8 Å². The molecule has 3 nitrogen and oxygen atoms in total. The quantitative estimate of drug-likeness (QED) is 0.776. The highest BCUT2D eigenvalue weighted by Gasteiger charge is 2.22. The number of aromatic nitrogens is 1. The summed E-state index contributed by atoms with van der Waals surface area (Å²) < 4.78 is 0. The third kappa shape index (κ3) is 2.89. The molecule has 0 saturated carbocycles. The number of likely N-dealkylation sites (tertiary alicyclic amines) is 1. The minimum absolute atomic E-state index is 0.246. The summed E-state index contributed by atoms with van der Waals surface area (Å²) in [6.45, 7) is 4.66. The van der Waals surface area contributed by atoms with Crippen molar-refractivity contribution < 1.29 is 4.79 Å². The van der Waals surface area contributed by atoms with Gasteiger partial charge in [0.2, 0.25) is 0 Å². The van der Waals surface area contributed by atoms with Gasteiger partial charge in [-0.05, 0) is 44.0 Å². The second kappa shape index (κ2) is 5.21. The van der Waals surface area contributed by atoms with E-state index in [4.69, 9.17) is 0 Å². The maximum absolute atomic E-state index is 11.4. The lowest BCUT2D eigenvalue weighted by Gasteiger charge is -2.31. The minimum Gasteiger partial charge on any atom is -0.300 e. The molecule has 0 aromatic carbocycles. The third-order valence-electron chi connectivity index (χ3n) is 3.24. The molecule has 86 valence electrons. The number of hydrogen-bond acceptors (Lipinski definition) is 3. The van der Waals surface area contributed by atoms with E-state index in [1.807, 2.05) is 24.5 Å². The Morgan fingerprint density at radius 2 is 2.25 bits per heavy atom. The van der Waals surface area contributed by atoms with Gasteiger partial charge in [-0.15, -0.1) is 0 Å². The average Bonchev–Trinajstić information content (AvgIpc) is 2.30. The van der Waals surface area contributed by atoms with Gasteiger partial charge in [0.15, 0.2) is 0 Å². The number of carbonyl (C=O) groups excluding carboxylic acids is 1. The first-order valence-corrected chi connectivity index (χ1v) is 5.87. The second-order valence-corrected chi connectivity index (χ2v) is 4.54. The molecule has 3 heteroatoms. The van der Waals surface area contributed by atoms with Gasteiger partial charge in [0.25, 0.3) is 0 Å². The van der Waals surface area contributed by atoms with Crippen LogP contribution >= 0.6 is 0 Å². The number of carbonyl (C=O) groups is 1. The number of nitrogens with zero attached hydrogens (tertiary/aromatic N) is 2. The molecule has 2 rings (SSSR count). The van der Waals surface area contributed by atoms with Crippen LogP contribution in [0.3, 0.4) is 0 Å². The van der Waals surface area contributed by atoms with Crippen molar-refractivity contribution in [3.8, 4) is 0 Å². The molecule has 1 aliphatic heterocycles. The van der Waals surface area contributed by atoms with E-state index in [1.165, 1.54) is 5.56 Å².